The quantitative estimate of drug-likeness (QED) is 0.322. The predicted molar refractivity (Wildman–Crippen MR) is 127 cm³/mol. The Morgan fingerprint density at radius 2 is 1.82 bits per heavy atom. The number of nitrogens with one attached hydrogen (secondary N) is 3. The van der Waals surface area contributed by atoms with E-state index < -0.39 is 6.04 Å². The average molecular weight is 440 g/mol. The number of rotatable bonds is 8. The largest absolute Gasteiger partial charge is 0.394 e. The molecule has 1 atom stereocenters. The molecule has 1 unspecified atom stereocenters. The van der Waals surface area contributed by atoms with Gasteiger partial charge in [0, 0.05) is 29.2 Å². The molecule has 4 aromatic rings. The lowest BCUT2D eigenvalue weighted by Crippen LogP contribution is -2.30. The number of aliphatic hydroxyl groups excluding tert-OH is 1. The van der Waals surface area contributed by atoms with Gasteiger partial charge >= 0.3 is 0 Å². The van der Waals surface area contributed by atoms with Gasteiger partial charge in [-0.05, 0) is 42.5 Å². The van der Waals surface area contributed by atoms with Crippen LogP contribution in [0.3, 0.4) is 0 Å². The van der Waals surface area contributed by atoms with Crippen LogP contribution in [0.4, 0.5) is 11.6 Å². The number of anilines is 2. The Morgan fingerprint density at radius 1 is 1.09 bits per heavy atom. The molecule has 7 nitrogen and oxygen atoms in total. The van der Waals surface area contributed by atoms with Crippen molar-refractivity contribution in [2.45, 2.75) is 24.8 Å². The van der Waals surface area contributed by atoms with Gasteiger partial charge in [0.15, 0.2) is 0 Å². The first-order valence-electron chi connectivity index (χ1n) is 11.1. The monoisotopic (exact) mass is 439 g/mol. The standard InChI is InChI=1S/C26H25N5O2/c32-16-23(18-7-3-1-4-8-18)30-25(33)22-13-19(14-27-22)24-21(17-11-12-17)15-28-26(31-24)29-20-9-5-2-6-10-20/h1-10,13-15,17,23,27,32H,11-12,16H2,(H,30,33)(H,28,29,31). The summed E-state index contributed by atoms with van der Waals surface area (Å²) < 4.78 is 0. The van der Waals surface area contributed by atoms with Crippen LogP contribution in [0.2, 0.25) is 0 Å². The van der Waals surface area contributed by atoms with Crippen LogP contribution >= 0.6 is 0 Å². The Balaban J connectivity index is 1.39. The van der Waals surface area contributed by atoms with Crippen LogP contribution in [-0.4, -0.2) is 32.6 Å². The van der Waals surface area contributed by atoms with Crippen molar-refractivity contribution in [1.29, 1.82) is 0 Å². The molecule has 2 heterocycles. The van der Waals surface area contributed by atoms with Gasteiger partial charge in [-0.25, -0.2) is 9.97 Å². The number of hydrogen-bond acceptors (Lipinski definition) is 5. The summed E-state index contributed by atoms with van der Waals surface area (Å²) in [6, 6.07) is 20.5. The van der Waals surface area contributed by atoms with Crippen molar-refractivity contribution in [2.75, 3.05) is 11.9 Å². The SMILES string of the molecule is O=C(NC(CO)c1ccccc1)c1cc(-c2nc(Nc3ccccc3)ncc2C2CC2)c[nH]1. The Kier molecular flexibility index (Phi) is 5.87. The smallest absolute Gasteiger partial charge is 0.268 e. The fourth-order valence-electron chi connectivity index (χ4n) is 3.84. The molecule has 1 saturated carbocycles. The van der Waals surface area contributed by atoms with E-state index >= 15 is 0 Å². The number of nitrogens with zero attached hydrogens (tertiary/aromatic N) is 2. The third-order valence-corrected chi connectivity index (χ3v) is 5.76. The van der Waals surface area contributed by atoms with E-state index in [9.17, 15) is 9.90 Å². The normalized spacial score (nSPS) is 14.0. The number of amides is 1. The van der Waals surface area contributed by atoms with Gasteiger partial charge in [0.2, 0.25) is 5.95 Å². The van der Waals surface area contributed by atoms with Crippen molar-refractivity contribution in [3.05, 3.63) is 95.9 Å². The highest BCUT2D eigenvalue weighted by Gasteiger charge is 2.28. The molecule has 0 saturated heterocycles. The second kappa shape index (κ2) is 9.26. The third kappa shape index (κ3) is 4.78. The second-order valence-electron chi connectivity index (χ2n) is 8.18. The van der Waals surface area contributed by atoms with Gasteiger partial charge in [-0.2, -0.15) is 0 Å². The van der Waals surface area contributed by atoms with Gasteiger partial charge in [-0.15, -0.1) is 0 Å². The number of aromatic amines is 1. The summed E-state index contributed by atoms with van der Waals surface area (Å²) in [7, 11) is 0. The van der Waals surface area contributed by atoms with Crippen LogP contribution in [-0.2, 0) is 0 Å². The van der Waals surface area contributed by atoms with Gasteiger partial charge < -0.3 is 20.7 Å². The highest BCUT2D eigenvalue weighted by atomic mass is 16.3. The molecule has 33 heavy (non-hydrogen) atoms. The maximum absolute atomic E-state index is 12.9. The Morgan fingerprint density at radius 3 is 2.52 bits per heavy atom. The van der Waals surface area contributed by atoms with E-state index in [0.29, 0.717) is 17.6 Å². The number of benzene rings is 2. The highest BCUT2D eigenvalue weighted by Crippen LogP contribution is 2.44. The summed E-state index contributed by atoms with van der Waals surface area (Å²) >= 11 is 0. The van der Waals surface area contributed by atoms with Crippen molar-refractivity contribution in [3.63, 3.8) is 0 Å². The van der Waals surface area contributed by atoms with Crippen LogP contribution in [0.15, 0.2) is 79.1 Å². The van der Waals surface area contributed by atoms with Crippen LogP contribution in [0.25, 0.3) is 11.3 Å². The fraction of sp³-hybridized carbons (Fsp3) is 0.192. The Bertz CT molecular complexity index is 1240. The molecule has 2 aromatic heterocycles. The molecule has 166 valence electrons. The zero-order valence-corrected chi connectivity index (χ0v) is 18.0. The first-order chi connectivity index (χ1) is 16.2. The Labute approximate surface area is 191 Å². The van der Waals surface area contributed by atoms with Gasteiger partial charge in [0.25, 0.3) is 5.91 Å². The predicted octanol–water partition coefficient (Wildman–Crippen LogP) is 4.56. The van der Waals surface area contributed by atoms with Crippen molar-refractivity contribution >= 4 is 17.5 Å². The minimum absolute atomic E-state index is 0.185. The van der Waals surface area contributed by atoms with E-state index in [1.807, 2.05) is 66.9 Å². The number of carbonyl (C=O) groups is 1. The summed E-state index contributed by atoms with van der Waals surface area (Å²) in [5.74, 6) is 0.681. The van der Waals surface area contributed by atoms with E-state index in [1.165, 1.54) is 0 Å². The number of hydrogen-bond donors (Lipinski definition) is 4. The maximum atomic E-state index is 12.9. The first-order valence-corrected chi connectivity index (χ1v) is 11.1. The van der Waals surface area contributed by atoms with Gasteiger partial charge in [0.05, 0.1) is 18.3 Å². The van der Waals surface area contributed by atoms with E-state index in [4.69, 9.17) is 4.98 Å². The molecule has 5 rings (SSSR count). The van der Waals surface area contributed by atoms with E-state index in [-0.39, 0.29) is 12.5 Å². The molecule has 0 radical (unpaired) electrons. The van der Waals surface area contributed by atoms with E-state index in [1.54, 1.807) is 12.3 Å². The number of para-hydroxylation sites is 1. The van der Waals surface area contributed by atoms with Crippen molar-refractivity contribution < 1.29 is 9.90 Å². The lowest BCUT2D eigenvalue weighted by Gasteiger charge is -2.16. The number of aromatic nitrogens is 3. The van der Waals surface area contributed by atoms with Crippen molar-refractivity contribution in [3.8, 4) is 11.3 Å². The molecule has 0 bridgehead atoms. The van der Waals surface area contributed by atoms with Crippen LogP contribution in [0.1, 0.15) is 46.4 Å². The number of H-pyrrole nitrogens is 1. The van der Waals surface area contributed by atoms with Crippen LogP contribution in [0, 0.1) is 0 Å². The highest BCUT2D eigenvalue weighted by molar-refractivity contribution is 5.94. The summed E-state index contributed by atoms with van der Waals surface area (Å²) in [5.41, 5.74) is 4.93. The topological polar surface area (TPSA) is 103 Å². The average Bonchev–Trinajstić information content (AvgIpc) is 3.59. The third-order valence-electron chi connectivity index (χ3n) is 5.76. The molecule has 4 N–H and O–H groups in total. The number of aliphatic hydroxyl groups is 1. The van der Waals surface area contributed by atoms with Gasteiger partial charge in [-0.1, -0.05) is 48.5 Å². The van der Waals surface area contributed by atoms with Crippen molar-refractivity contribution in [1.82, 2.24) is 20.3 Å². The summed E-state index contributed by atoms with van der Waals surface area (Å²) in [5, 5.41) is 15.9. The summed E-state index contributed by atoms with van der Waals surface area (Å²) in [6.07, 6.45) is 5.92. The van der Waals surface area contributed by atoms with Crippen molar-refractivity contribution in [2.24, 2.45) is 0 Å². The van der Waals surface area contributed by atoms with E-state index in [0.717, 1.165) is 40.9 Å². The van der Waals surface area contributed by atoms with E-state index in [2.05, 4.69) is 20.6 Å². The Hall–Kier alpha value is -3.97. The molecule has 0 spiro atoms. The minimum atomic E-state index is -0.479. The molecule has 1 amide bonds. The molecule has 2 aromatic carbocycles. The molecular formula is C26H25N5O2. The zero-order valence-electron chi connectivity index (χ0n) is 18.0. The molecule has 1 aliphatic rings. The fourth-order valence-corrected chi connectivity index (χ4v) is 3.84. The molecule has 7 heteroatoms. The molecule has 1 fully saturated rings. The van der Waals surface area contributed by atoms with Gasteiger partial charge in [-0.3, -0.25) is 4.79 Å². The van der Waals surface area contributed by atoms with Crippen LogP contribution < -0.4 is 10.6 Å². The van der Waals surface area contributed by atoms with Gasteiger partial charge in [0.1, 0.15) is 5.69 Å². The first kappa shape index (κ1) is 20.9. The summed E-state index contributed by atoms with van der Waals surface area (Å²) in [6.45, 7) is -0.185. The molecular weight excluding hydrogens is 414 g/mol. The second-order valence-corrected chi connectivity index (χ2v) is 8.18. The minimum Gasteiger partial charge on any atom is -0.394 e. The lowest BCUT2D eigenvalue weighted by atomic mass is 10.1. The number of carbonyl (C=O) groups excluding carboxylic acids is 1. The zero-order chi connectivity index (χ0) is 22.6. The molecule has 0 aliphatic heterocycles. The van der Waals surface area contributed by atoms with Crippen LogP contribution in [0.5, 0.6) is 0 Å². The molecule has 1 aliphatic carbocycles. The maximum Gasteiger partial charge on any atom is 0.268 e. The summed E-state index contributed by atoms with van der Waals surface area (Å²) in [4.78, 5) is 25.2. The lowest BCUT2D eigenvalue weighted by molar-refractivity contribution is 0.0912.